The number of rotatable bonds is 4. The highest BCUT2D eigenvalue weighted by Gasteiger charge is 2.33. The summed E-state index contributed by atoms with van der Waals surface area (Å²) in [6, 6.07) is 3.65. The van der Waals surface area contributed by atoms with Crippen LogP contribution in [0.4, 0.5) is 13.2 Å². The van der Waals surface area contributed by atoms with Crippen molar-refractivity contribution in [3.8, 4) is 5.75 Å². The van der Waals surface area contributed by atoms with Crippen molar-refractivity contribution in [2.75, 3.05) is 0 Å². The molecule has 0 aliphatic rings. The molecule has 0 saturated carbocycles. The topological polar surface area (TPSA) is 21.6 Å². The van der Waals surface area contributed by atoms with E-state index in [0.717, 1.165) is 24.6 Å². The first-order valence-electron chi connectivity index (χ1n) is 5.41. The van der Waals surface area contributed by atoms with Crippen LogP contribution in [0.15, 0.2) is 27.8 Å². The molecule has 0 N–H and O–H groups in total. The molecule has 0 saturated heterocycles. The van der Waals surface area contributed by atoms with Gasteiger partial charge in [-0.1, -0.05) is 34.4 Å². The van der Waals surface area contributed by atoms with E-state index in [1.807, 2.05) is 6.92 Å². The second-order valence-electron chi connectivity index (χ2n) is 3.81. The maximum absolute atomic E-state index is 12.6. The van der Waals surface area contributed by atoms with Crippen LogP contribution >= 0.6 is 15.9 Å². The van der Waals surface area contributed by atoms with Gasteiger partial charge >= 0.3 is 6.18 Å². The first-order chi connectivity index (χ1) is 8.34. The monoisotopic (exact) mass is 323 g/mol. The van der Waals surface area contributed by atoms with Gasteiger partial charge in [-0.2, -0.15) is 13.2 Å². The fourth-order valence-corrected chi connectivity index (χ4v) is 1.79. The second-order valence-corrected chi connectivity index (χ2v) is 4.66. The highest BCUT2D eigenvalue weighted by molar-refractivity contribution is 9.10. The molecule has 0 unspecified atom stereocenters. The number of hydrogen-bond acceptors (Lipinski definition) is 2. The van der Waals surface area contributed by atoms with E-state index >= 15 is 0 Å². The van der Waals surface area contributed by atoms with Crippen LogP contribution in [0.1, 0.15) is 32.3 Å². The number of alkyl halides is 3. The molecule has 0 heterocycles. The summed E-state index contributed by atoms with van der Waals surface area (Å²) in [6.45, 7) is 3.76. The van der Waals surface area contributed by atoms with E-state index in [-0.39, 0.29) is 10.2 Å². The quantitative estimate of drug-likeness (QED) is 0.563. The lowest BCUT2D eigenvalue weighted by molar-refractivity contribution is -0.138. The highest BCUT2D eigenvalue weighted by atomic mass is 79.9. The fraction of sp³-hybridized carbons (Fsp3) is 0.417. The highest BCUT2D eigenvalue weighted by Crippen LogP contribution is 2.36. The Morgan fingerprint density at radius 2 is 2.06 bits per heavy atom. The van der Waals surface area contributed by atoms with Crippen molar-refractivity contribution in [2.45, 2.75) is 32.9 Å². The van der Waals surface area contributed by atoms with Gasteiger partial charge in [0.05, 0.1) is 11.3 Å². The molecule has 18 heavy (non-hydrogen) atoms. The predicted molar refractivity (Wildman–Crippen MR) is 67.8 cm³/mol. The van der Waals surface area contributed by atoms with Gasteiger partial charge in [-0.05, 0) is 31.5 Å². The lowest BCUT2D eigenvalue weighted by Crippen LogP contribution is -2.06. The maximum Gasteiger partial charge on any atom is 0.417 e. The van der Waals surface area contributed by atoms with Gasteiger partial charge in [0, 0.05) is 4.47 Å². The van der Waals surface area contributed by atoms with Crippen LogP contribution in [0.25, 0.3) is 0 Å². The van der Waals surface area contributed by atoms with Gasteiger partial charge in [0.15, 0.2) is 5.75 Å². The molecule has 0 spiro atoms. The molecule has 0 amide bonds. The van der Waals surface area contributed by atoms with Crippen molar-refractivity contribution < 1.29 is 18.0 Å². The van der Waals surface area contributed by atoms with E-state index in [0.29, 0.717) is 0 Å². The van der Waals surface area contributed by atoms with Gasteiger partial charge < -0.3 is 4.84 Å². The number of nitrogens with zero attached hydrogens (tertiary/aromatic N) is 1. The Hall–Kier alpha value is -1.04. The van der Waals surface area contributed by atoms with Crippen LogP contribution in [-0.4, -0.2) is 5.71 Å². The zero-order chi connectivity index (χ0) is 13.8. The van der Waals surface area contributed by atoms with Gasteiger partial charge in [0.25, 0.3) is 0 Å². The predicted octanol–water partition coefficient (Wildman–Crippen LogP) is 5.02. The first kappa shape index (κ1) is 15.0. The molecule has 100 valence electrons. The largest absolute Gasteiger partial charge is 0.417 e. The summed E-state index contributed by atoms with van der Waals surface area (Å²) in [5.74, 6) is 0.0704. The molecule has 6 heteroatoms. The molecule has 0 aliphatic heterocycles. The third-order valence-corrected chi connectivity index (χ3v) is 2.85. The van der Waals surface area contributed by atoms with Crippen LogP contribution in [0.2, 0.25) is 0 Å². The second kappa shape index (κ2) is 6.22. The summed E-state index contributed by atoms with van der Waals surface area (Å²) in [5, 5.41) is 3.77. The molecule has 0 bridgehead atoms. The summed E-state index contributed by atoms with van der Waals surface area (Å²) in [4.78, 5) is 4.98. The lowest BCUT2D eigenvalue weighted by Gasteiger charge is -2.10. The molecule has 1 aromatic rings. The van der Waals surface area contributed by atoms with Gasteiger partial charge in [-0.15, -0.1) is 0 Å². The van der Waals surface area contributed by atoms with Crippen molar-refractivity contribution in [1.82, 2.24) is 0 Å². The molecule has 1 rings (SSSR count). The Morgan fingerprint density at radius 3 is 2.61 bits per heavy atom. The summed E-state index contributed by atoms with van der Waals surface area (Å²) in [7, 11) is 0. The van der Waals surface area contributed by atoms with Crippen LogP contribution in [0.3, 0.4) is 0 Å². The zero-order valence-corrected chi connectivity index (χ0v) is 11.6. The smallest absolute Gasteiger partial charge is 0.357 e. The van der Waals surface area contributed by atoms with Crippen LogP contribution in [0, 0.1) is 0 Å². The number of halogens is 4. The fourth-order valence-electron chi connectivity index (χ4n) is 1.32. The Morgan fingerprint density at radius 1 is 1.39 bits per heavy atom. The summed E-state index contributed by atoms with van der Waals surface area (Å²) < 4.78 is 37.9. The Kier molecular flexibility index (Phi) is 5.19. The lowest BCUT2D eigenvalue weighted by atomic mass is 10.2. The first-order valence-corrected chi connectivity index (χ1v) is 6.21. The van der Waals surface area contributed by atoms with Crippen molar-refractivity contribution in [3.05, 3.63) is 28.2 Å². The van der Waals surface area contributed by atoms with Gasteiger partial charge in [0.1, 0.15) is 0 Å². The minimum Gasteiger partial charge on any atom is -0.357 e. The molecule has 0 aliphatic carbocycles. The third kappa shape index (κ3) is 4.33. The SMILES string of the molecule is CCC/C(C)=N\Oc1ccc(Br)c(C(F)(F)F)c1. The van der Waals surface area contributed by atoms with Gasteiger partial charge in [-0.25, -0.2) is 0 Å². The van der Waals surface area contributed by atoms with Crippen molar-refractivity contribution in [1.29, 1.82) is 0 Å². The molecular formula is C12H13BrF3NO. The van der Waals surface area contributed by atoms with E-state index in [1.165, 1.54) is 12.1 Å². The molecule has 0 aromatic heterocycles. The van der Waals surface area contributed by atoms with E-state index < -0.39 is 11.7 Å². The van der Waals surface area contributed by atoms with Crippen molar-refractivity contribution in [3.63, 3.8) is 0 Å². The van der Waals surface area contributed by atoms with Crippen LogP contribution < -0.4 is 4.84 Å². The number of hydrogen-bond donors (Lipinski definition) is 0. The number of benzene rings is 1. The average molecular weight is 324 g/mol. The van der Waals surface area contributed by atoms with Crippen molar-refractivity contribution >= 4 is 21.6 Å². The molecule has 0 fully saturated rings. The molecular weight excluding hydrogens is 311 g/mol. The minimum atomic E-state index is -4.42. The molecule has 2 nitrogen and oxygen atoms in total. The normalized spacial score (nSPS) is 12.7. The Bertz CT molecular complexity index is 443. The standard InChI is InChI=1S/C12H13BrF3NO/c1-3-4-8(2)17-18-9-5-6-11(13)10(7-9)12(14,15)16/h5-7H,3-4H2,1-2H3/b17-8-. The van der Waals surface area contributed by atoms with E-state index in [4.69, 9.17) is 4.84 Å². The zero-order valence-electron chi connectivity index (χ0n) is 10.0. The van der Waals surface area contributed by atoms with Crippen molar-refractivity contribution in [2.24, 2.45) is 5.16 Å². The summed E-state index contributed by atoms with van der Waals surface area (Å²) in [6.07, 6.45) is -2.75. The Labute approximate surface area is 112 Å². The minimum absolute atomic E-state index is 0.0170. The summed E-state index contributed by atoms with van der Waals surface area (Å²) in [5.41, 5.74) is -0.0303. The summed E-state index contributed by atoms with van der Waals surface area (Å²) >= 11 is 2.86. The number of oxime groups is 1. The Balaban J connectivity index is 2.89. The van der Waals surface area contributed by atoms with Gasteiger partial charge in [-0.3, -0.25) is 0 Å². The molecule has 0 atom stereocenters. The third-order valence-electron chi connectivity index (χ3n) is 2.16. The van der Waals surface area contributed by atoms with E-state index in [1.54, 1.807) is 6.92 Å². The van der Waals surface area contributed by atoms with E-state index in [9.17, 15) is 13.2 Å². The maximum atomic E-state index is 12.6. The average Bonchev–Trinajstić information content (AvgIpc) is 2.27. The van der Waals surface area contributed by atoms with Crippen LogP contribution in [0.5, 0.6) is 5.75 Å². The molecule has 0 radical (unpaired) electrons. The van der Waals surface area contributed by atoms with Gasteiger partial charge in [0.2, 0.25) is 0 Å². The van der Waals surface area contributed by atoms with E-state index in [2.05, 4.69) is 21.1 Å². The van der Waals surface area contributed by atoms with Crippen LogP contribution in [-0.2, 0) is 6.18 Å². The molecule has 1 aromatic carbocycles.